The molecule has 0 saturated carbocycles. The Morgan fingerprint density at radius 2 is 1.87 bits per heavy atom. The topological polar surface area (TPSA) is 102 Å². The van der Waals surface area contributed by atoms with Gasteiger partial charge in [0.05, 0.1) is 23.4 Å². The fraction of sp³-hybridized carbons (Fsp3) is 0.300. The first-order valence-corrected chi connectivity index (χ1v) is 13.2. The third-order valence-electron chi connectivity index (χ3n) is 6.92. The summed E-state index contributed by atoms with van der Waals surface area (Å²) in [5.41, 5.74) is 3.71. The second-order valence-corrected chi connectivity index (χ2v) is 9.53. The van der Waals surface area contributed by atoms with E-state index in [2.05, 4.69) is 15.4 Å². The zero-order valence-electron chi connectivity index (χ0n) is 22.2. The van der Waals surface area contributed by atoms with Crippen LogP contribution in [0.4, 0.5) is 0 Å². The highest BCUT2D eigenvalue weighted by Gasteiger charge is 2.28. The summed E-state index contributed by atoms with van der Waals surface area (Å²) in [5, 5.41) is 7.21. The molecular formula is C30H32N6O3. The lowest BCUT2D eigenvalue weighted by molar-refractivity contribution is 0.0710. The van der Waals surface area contributed by atoms with Gasteiger partial charge in [0.2, 0.25) is 0 Å². The molecule has 0 spiro atoms. The molecule has 3 aromatic heterocycles. The molecule has 0 atom stereocenters. The number of piperidine rings is 1. The van der Waals surface area contributed by atoms with Crippen LogP contribution in [-0.4, -0.2) is 56.2 Å². The lowest BCUT2D eigenvalue weighted by Gasteiger charge is -2.32. The summed E-state index contributed by atoms with van der Waals surface area (Å²) in [6.07, 6.45) is 6.55. The molecule has 39 heavy (non-hydrogen) atoms. The van der Waals surface area contributed by atoms with E-state index in [1.165, 1.54) is 0 Å². The van der Waals surface area contributed by atoms with E-state index in [-0.39, 0.29) is 17.7 Å². The van der Waals surface area contributed by atoms with Gasteiger partial charge >= 0.3 is 0 Å². The molecule has 1 aliphatic heterocycles. The van der Waals surface area contributed by atoms with Crippen molar-refractivity contribution >= 4 is 11.8 Å². The quantitative estimate of drug-likeness (QED) is 0.368. The number of hydrogen-bond acceptors (Lipinski definition) is 6. The zero-order chi connectivity index (χ0) is 27.2. The number of rotatable bonds is 8. The molecule has 0 unspecified atom stereocenters. The number of carbonyl (C=O) groups is 2. The molecular weight excluding hydrogens is 492 g/mol. The van der Waals surface area contributed by atoms with Crippen LogP contribution in [0.2, 0.25) is 0 Å². The Labute approximate surface area is 227 Å². The summed E-state index contributed by atoms with van der Waals surface area (Å²) < 4.78 is 7.34. The van der Waals surface area contributed by atoms with Crippen molar-refractivity contribution in [2.24, 2.45) is 0 Å². The maximum absolute atomic E-state index is 13.3. The number of nitrogens with zero attached hydrogens (tertiary/aromatic N) is 5. The smallest absolute Gasteiger partial charge is 0.255 e. The third kappa shape index (κ3) is 5.98. The second-order valence-electron chi connectivity index (χ2n) is 9.53. The standard InChI is InChI=1S/C30H32N6O3/c1-3-39-26-8-5-4-7-23(26)19-32-29(37)25-11-9-21(2)34-28(25)22-13-17-35(18-14-22)30(38)24-10-12-27(31-20-24)36-16-6-15-33-36/h4-12,15-16,20,22H,3,13-14,17-19H2,1-2H3,(H,32,37). The molecule has 0 radical (unpaired) electrons. The fourth-order valence-electron chi connectivity index (χ4n) is 4.89. The minimum atomic E-state index is -0.161. The van der Waals surface area contributed by atoms with Crippen molar-refractivity contribution in [3.8, 4) is 11.6 Å². The Hall–Kier alpha value is -4.53. The number of likely N-dealkylation sites (tertiary alicyclic amines) is 1. The maximum atomic E-state index is 13.3. The van der Waals surface area contributed by atoms with Gasteiger partial charge in [0.25, 0.3) is 11.8 Å². The van der Waals surface area contributed by atoms with E-state index in [0.717, 1.165) is 35.5 Å². The molecule has 200 valence electrons. The van der Waals surface area contributed by atoms with Crippen molar-refractivity contribution < 1.29 is 14.3 Å². The van der Waals surface area contributed by atoms with Crippen LogP contribution < -0.4 is 10.1 Å². The van der Waals surface area contributed by atoms with E-state index in [4.69, 9.17) is 9.72 Å². The molecule has 1 aromatic carbocycles. The molecule has 1 fully saturated rings. The predicted octanol–water partition coefficient (Wildman–Crippen LogP) is 4.32. The Balaban J connectivity index is 1.23. The highest BCUT2D eigenvalue weighted by atomic mass is 16.5. The third-order valence-corrected chi connectivity index (χ3v) is 6.92. The number of nitrogens with one attached hydrogen (secondary N) is 1. The molecule has 9 nitrogen and oxygen atoms in total. The first kappa shape index (κ1) is 26.1. The van der Waals surface area contributed by atoms with Gasteiger partial charge in [-0.15, -0.1) is 0 Å². The maximum Gasteiger partial charge on any atom is 0.255 e. The SMILES string of the molecule is CCOc1ccccc1CNC(=O)c1ccc(C)nc1C1CCN(C(=O)c2ccc(-n3cccn3)nc2)CC1. The van der Waals surface area contributed by atoms with Crippen molar-refractivity contribution in [3.05, 3.63) is 101 Å². The van der Waals surface area contributed by atoms with Gasteiger partial charge in [-0.25, -0.2) is 9.67 Å². The van der Waals surface area contributed by atoms with Crippen LogP contribution >= 0.6 is 0 Å². The first-order valence-electron chi connectivity index (χ1n) is 13.2. The first-order chi connectivity index (χ1) is 19.0. The van der Waals surface area contributed by atoms with Crippen molar-refractivity contribution in [1.82, 2.24) is 30.0 Å². The van der Waals surface area contributed by atoms with E-state index in [1.807, 2.05) is 67.4 Å². The molecule has 4 aromatic rings. The van der Waals surface area contributed by atoms with Crippen molar-refractivity contribution in [2.75, 3.05) is 19.7 Å². The van der Waals surface area contributed by atoms with E-state index in [0.29, 0.717) is 43.2 Å². The number of pyridine rings is 2. The van der Waals surface area contributed by atoms with Gasteiger partial charge in [-0.1, -0.05) is 18.2 Å². The lowest BCUT2D eigenvalue weighted by Crippen LogP contribution is -2.38. The summed E-state index contributed by atoms with van der Waals surface area (Å²) in [4.78, 5) is 37.4. The normalized spacial score (nSPS) is 13.7. The summed E-state index contributed by atoms with van der Waals surface area (Å²) in [6.45, 7) is 5.97. The highest BCUT2D eigenvalue weighted by Crippen LogP contribution is 2.30. The predicted molar refractivity (Wildman–Crippen MR) is 147 cm³/mol. The van der Waals surface area contributed by atoms with E-state index in [1.54, 1.807) is 29.2 Å². The van der Waals surface area contributed by atoms with Gasteiger partial charge in [-0.3, -0.25) is 14.6 Å². The average Bonchev–Trinajstić information content (AvgIpc) is 3.52. The Morgan fingerprint density at radius 3 is 2.59 bits per heavy atom. The van der Waals surface area contributed by atoms with Crippen molar-refractivity contribution in [2.45, 2.75) is 39.2 Å². The molecule has 2 amide bonds. The van der Waals surface area contributed by atoms with Crippen molar-refractivity contribution in [1.29, 1.82) is 0 Å². The summed E-state index contributed by atoms with van der Waals surface area (Å²) in [7, 11) is 0. The molecule has 9 heteroatoms. The number of ether oxygens (including phenoxy) is 1. The molecule has 5 rings (SSSR count). The second kappa shape index (κ2) is 11.9. The van der Waals surface area contributed by atoms with Crippen LogP contribution in [0.15, 0.2) is 73.2 Å². The largest absolute Gasteiger partial charge is 0.494 e. The number of amides is 2. The van der Waals surface area contributed by atoms with Crippen LogP contribution in [-0.2, 0) is 6.54 Å². The minimum Gasteiger partial charge on any atom is -0.494 e. The molecule has 0 aliphatic carbocycles. The van der Waals surface area contributed by atoms with Crippen LogP contribution in [0, 0.1) is 6.92 Å². The molecule has 1 N–H and O–H groups in total. The zero-order valence-corrected chi connectivity index (χ0v) is 22.2. The number of aromatic nitrogens is 4. The van der Waals surface area contributed by atoms with E-state index < -0.39 is 0 Å². The van der Waals surface area contributed by atoms with Gasteiger partial charge in [-0.05, 0) is 63.1 Å². The summed E-state index contributed by atoms with van der Waals surface area (Å²) in [5.74, 6) is 1.31. The summed E-state index contributed by atoms with van der Waals surface area (Å²) >= 11 is 0. The Kier molecular flexibility index (Phi) is 7.96. The van der Waals surface area contributed by atoms with Gasteiger partial charge in [-0.2, -0.15) is 5.10 Å². The van der Waals surface area contributed by atoms with E-state index >= 15 is 0 Å². The van der Waals surface area contributed by atoms with Crippen LogP contribution in [0.1, 0.15) is 63.4 Å². The monoisotopic (exact) mass is 524 g/mol. The number of hydrogen-bond donors (Lipinski definition) is 1. The Bertz CT molecular complexity index is 1430. The minimum absolute atomic E-state index is 0.0453. The lowest BCUT2D eigenvalue weighted by atomic mass is 9.89. The number of aryl methyl sites for hydroxylation is 1. The summed E-state index contributed by atoms with van der Waals surface area (Å²) in [6, 6.07) is 16.8. The van der Waals surface area contributed by atoms with Crippen LogP contribution in [0.5, 0.6) is 5.75 Å². The van der Waals surface area contributed by atoms with Gasteiger partial charge in [0.1, 0.15) is 5.75 Å². The molecule has 4 heterocycles. The van der Waals surface area contributed by atoms with E-state index in [9.17, 15) is 9.59 Å². The molecule has 1 saturated heterocycles. The molecule has 0 bridgehead atoms. The van der Waals surface area contributed by atoms with Gasteiger partial charge in [0, 0.05) is 55.4 Å². The number of para-hydroxylation sites is 1. The Morgan fingerprint density at radius 1 is 1.05 bits per heavy atom. The fourth-order valence-corrected chi connectivity index (χ4v) is 4.89. The van der Waals surface area contributed by atoms with Gasteiger partial charge < -0.3 is 15.0 Å². The van der Waals surface area contributed by atoms with Crippen LogP contribution in [0.25, 0.3) is 5.82 Å². The average molecular weight is 525 g/mol. The van der Waals surface area contributed by atoms with Crippen LogP contribution in [0.3, 0.4) is 0 Å². The number of carbonyl (C=O) groups excluding carboxylic acids is 2. The molecule has 1 aliphatic rings. The van der Waals surface area contributed by atoms with Gasteiger partial charge in [0.15, 0.2) is 5.82 Å². The van der Waals surface area contributed by atoms with Crippen molar-refractivity contribution in [3.63, 3.8) is 0 Å². The number of benzene rings is 1. The highest BCUT2D eigenvalue weighted by molar-refractivity contribution is 5.95.